The van der Waals surface area contributed by atoms with Crippen LogP contribution in [-0.2, 0) is 4.53 Å². The molecule has 2 aromatic rings. The van der Waals surface area contributed by atoms with Crippen molar-refractivity contribution in [1.82, 2.24) is 0 Å². The van der Waals surface area contributed by atoms with Crippen LogP contribution in [0.2, 0.25) is 24.7 Å². The third-order valence-electron chi connectivity index (χ3n) is 3.11. The number of anilines is 1. The Morgan fingerprint density at radius 1 is 0.958 bits per heavy atom. The third-order valence-corrected chi connectivity index (χ3v) is 4.11. The summed E-state index contributed by atoms with van der Waals surface area (Å²) in [5.41, 5.74) is 0.436. The molecule has 0 aliphatic heterocycles. The Morgan fingerprint density at radius 2 is 1.50 bits per heavy atom. The second-order valence-corrected chi connectivity index (χ2v) is 11.2. The van der Waals surface area contributed by atoms with Gasteiger partial charge in [-0.05, 0) is 49.5 Å². The fourth-order valence-corrected chi connectivity index (χ4v) is 3.16. The molecule has 2 rings (SSSR count). The van der Waals surface area contributed by atoms with Crippen molar-refractivity contribution in [3.63, 3.8) is 0 Å². The lowest BCUT2D eigenvalue weighted by Gasteiger charge is -2.38. The van der Waals surface area contributed by atoms with E-state index in [-0.39, 0.29) is 5.56 Å². The van der Waals surface area contributed by atoms with Crippen LogP contribution in [0.5, 0.6) is 0 Å². The van der Waals surface area contributed by atoms with Gasteiger partial charge in [0.15, 0.2) is 6.04 Å². The Balaban J connectivity index is 2.54. The zero-order chi connectivity index (χ0) is 18.0. The van der Waals surface area contributed by atoms with Crippen molar-refractivity contribution in [3.05, 3.63) is 65.2 Å². The second kappa shape index (κ2) is 7.17. The summed E-state index contributed by atoms with van der Waals surface area (Å²) >= 11 is 5.86. The first-order chi connectivity index (χ1) is 11.1. The minimum absolute atomic E-state index is 0.123. The van der Waals surface area contributed by atoms with Crippen molar-refractivity contribution in [2.45, 2.75) is 31.9 Å². The maximum atomic E-state index is 13.9. The highest BCUT2D eigenvalue weighted by molar-refractivity contribution is 6.69. The van der Waals surface area contributed by atoms with Crippen LogP contribution < -0.4 is 5.06 Å². The highest BCUT2D eigenvalue weighted by atomic mass is 35.5. The van der Waals surface area contributed by atoms with Crippen LogP contribution >= 0.6 is 11.6 Å². The number of hydrogen-bond acceptors (Lipinski definition) is 2. The smallest absolute Gasteiger partial charge is 0.319 e. The molecule has 1 atom stereocenters. The predicted molar refractivity (Wildman–Crippen MR) is 93.6 cm³/mol. The van der Waals surface area contributed by atoms with Crippen LogP contribution in [-0.4, -0.2) is 14.5 Å². The average Bonchev–Trinajstić information content (AvgIpc) is 2.46. The van der Waals surface area contributed by atoms with Gasteiger partial charge >= 0.3 is 6.18 Å². The maximum absolute atomic E-state index is 13.9. The SMILES string of the molecule is C[Si](C)(C)ON(c1ccc(Cl)cc1)C(c1ccccc1)C(F)(F)F. The number of nitrogens with zero attached hydrogens (tertiary/aromatic N) is 1. The molecule has 0 saturated carbocycles. The normalized spacial score (nSPS) is 13.6. The van der Waals surface area contributed by atoms with E-state index in [0.29, 0.717) is 10.7 Å². The lowest BCUT2D eigenvalue weighted by Crippen LogP contribution is -2.45. The molecular formula is C17H19ClF3NOSi. The van der Waals surface area contributed by atoms with Crippen molar-refractivity contribution < 1.29 is 17.7 Å². The third kappa shape index (κ3) is 4.99. The van der Waals surface area contributed by atoms with Gasteiger partial charge < -0.3 is 4.53 Å². The van der Waals surface area contributed by atoms with Crippen LogP contribution in [0.15, 0.2) is 54.6 Å². The maximum Gasteiger partial charge on any atom is 0.415 e. The van der Waals surface area contributed by atoms with E-state index in [1.807, 2.05) is 19.6 Å². The molecule has 2 aromatic carbocycles. The van der Waals surface area contributed by atoms with E-state index in [2.05, 4.69) is 0 Å². The molecule has 24 heavy (non-hydrogen) atoms. The second-order valence-electron chi connectivity index (χ2n) is 6.36. The summed E-state index contributed by atoms with van der Waals surface area (Å²) in [5.74, 6) is 0. The van der Waals surface area contributed by atoms with Gasteiger partial charge in [0.2, 0.25) is 8.32 Å². The van der Waals surface area contributed by atoms with E-state index < -0.39 is 20.5 Å². The number of hydroxylamine groups is 1. The van der Waals surface area contributed by atoms with E-state index in [1.165, 1.54) is 24.3 Å². The van der Waals surface area contributed by atoms with Crippen molar-refractivity contribution in [2.75, 3.05) is 5.06 Å². The molecule has 0 fully saturated rings. The summed E-state index contributed by atoms with van der Waals surface area (Å²) in [6.07, 6.45) is -4.50. The molecule has 0 aromatic heterocycles. The summed E-state index contributed by atoms with van der Waals surface area (Å²) in [6.45, 7) is 5.52. The molecule has 0 N–H and O–H groups in total. The molecule has 0 radical (unpaired) electrons. The van der Waals surface area contributed by atoms with Crippen LogP contribution in [0, 0.1) is 0 Å². The largest absolute Gasteiger partial charge is 0.415 e. The van der Waals surface area contributed by atoms with Gasteiger partial charge in [-0.3, -0.25) is 0 Å². The molecule has 0 amide bonds. The van der Waals surface area contributed by atoms with Gasteiger partial charge in [-0.15, -0.1) is 0 Å². The standard InChI is InChI=1S/C17H19ClF3NOSi/c1-24(2,3)23-22(15-11-9-14(18)10-12-15)16(17(19,20)21)13-7-5-4-6-8-13/h4-12,16H,1-3H3. The van der Waals surface area contributed by atoms with Gasteiger partial charge in [0.05, 0.1) is 5.69 Å². The Kier molecular flexibility index (Phi) is 5.62. The first-order valence-corrected chi connectivity index (χ1v) is 11.2. The van der Waals surface area contributed by atoms with Crippen molar-refractivity contribution >= 4 is 25.6 Å². The molecule has 0 aliphatic rings. The summed E-state index contributed by atoms with van der Waals surface area (Å²) in [6, 6.07) is 12.0. The minimum atomic E-state index is -4.50. The summed E-state index contributed by atoms with van der Waals surface area (Å²) in [7, 11) is -2.30. The quantitative estimate of drug-likeness (QED) is 0.456. The van der Waals surface area contributed by atoms with E-state index in [9.17, 15) is 13.2 Å². The zero-order valence-corrected chi connectivity index (χ0v) is 15.4. The van der Waals surface area contributed by atoms with Crippen molar-refractivity contribution in [1.29, 1.82) is 0 Å². The molecular weight excluding hydrogens is 355 g/mol. The molecule has 7 heteroatoms. The molecule has 1 unspecified atom stereocenters. The monoisotopic (exact) mass is 373 g/mol. The van der Waals surface area contributed by atoms with Gasteiger partial charge in [0, 0.05) is 5.02 Å². The average molecular weight is 374 g/mol. The summed E-state index contributed by atoms with van der Waals surface area (Å²) in [4.78, 5) is 0. The first-order valence-electron chi connectivity index (χ1n) is 7.43. The molecule has 0 aliphatic carbocycles. The Labute approximate surface area is 145 Å². The lowest BCUT2D eigenvalue weighted by atomic mass is 10.1. The number of benzene rings is 2. The van der Waals surface area contributed by atoms with Gasteiger partial charge in [0.1, 0.15) is 0 Å². The Bertz CT molecular complexity index is 656. The topological polar surface area (TPSA) is 12.5 Å². The van der Waals surface area contributed by atoms with Gasteiger partial charge in [-0.2, -0.15) is 13.2 Å². The number of rotatable bonds is 5. The Hall–Kier alpha value is -1.50. The fraction of sp³-hybridized carbons (Fsp3) is 0.294. The number of hydrogen-bond donors (Lipinski definition) is 0. The van der Waals surface area contributed by atoms with E-state index in [1.54, 1.807) is 30.3 Å². The zero-order valence-electron chi connectivity index (χ0n) is 13.6. The lowest BCUT2D eigenvalue weighted by molar-refractivity contribution is -0.161. The predicted octanol–water partition coefficient (Wildman–Crippen LogP) is 6.22. The molecule has 2 nitrogen and oxygen atoms in total. The van der Waals surface area contributed by atoms with Gasteiger partial charge in [-0.25, -0.2) is 5.06 Å². The van der Waals surface area contributed by atoms with Gasteiger partial charge in [0.25, 0.3) is 0 Å². The number of halogens is 4. The molecule has 0 heterocycles. The van der Waals surface area contributed by atoms with Crippen LogP contribution in [0.1, 0.15) is 11.6 Å². The first kappa shape index (κ1) is 18.8. The van der Waals surface area contributed by atoms with Crippen molar-refractivity contribution in [2.24, 2.45) is 0 Å². The van der Waals surface area contributed by atoms with Crippen molar-refractivity contribution in [3.8, 4) is 0 Å². The number of alkyl halides is 3. The van der Waals surface area contributed by atoms with Crippen LogP contribution in [0.4, 0.5) is 18.9 Å². The molecule has 130 valence electrons. The van der Waals surface area contributed by atoms with E-state index in [4.69, 9.17) is 16.1 Å². The Morgan fingerprint density at radius 3 is 1.96 bits per heavy atom. The highest BCUT2D eigenvalue weighted by Gasteiger charge is 2.47. The fourth-order valence-electron chi connectivity index (χ4n) is 2.23. The summed E-state index contributed by atoms with van der Waals surface area (Å²) < 4.78 is 47.4. The minimum Gasteiger partial charge on any atom is -0.319 e. The van der Waals surface area contributed by atoms with E-state index >= 15 is 0 Å². The molecule has 0 bridgehead atoms. The molecule has 0 saturated heterocycles. The molecule has 0 spiro atoms. The summed E-state index contributed by atoms with van der Waals surface area (Å²) in [5, 5.41) is 1.42. The van der Waals surface area contributed by atoms with E-state index in [0.717, 1.165) is 5.06 Å². The van der Waals surface area contributed by atoms with Crippen LogP contribution in [0.25, 0.3) is 0 Å². The highest BCUT2D eigenvalue weighted by Crippen LogP contribution is 2.41. The van der Waals surface area contributed by atoms with Gasteiger partial charge in [-0.1, -0.05) is 41.9 Å². The van der Waals surface area contributed by atoms with Crippen LogP contribution in [0.3, 0.4) is 0 Å².